The van der Waals surface area contributed by atoms with E-state index in [9.17, 15) is 8.42 Å². The van der Waals surface area contributed by atoms with E-state index in [0.29, 0.717) is 12.8 Å². The minimum atomic E-state index is -2.91. The SMILES string of the molecule is CCCS(=O)(=O)CCC(CNC)Cc1ccccc1Cl. The molecule has 20 heavy (non-hydrogen) atoms. The quantitative estimate of drug-likeness (QED) is 0.761. The topological polar surface area (TPSA) is 46.2 Å². The molecule has 0 amide bonds. The lowest BCUT2D eigenvalue weighted by Crippen LogP contribution is -2.24. The van der Waals surface area contributed by atoms with Crippen LogP contribution in [0.2, 0.25) is 5.02 Å². The second kappa shape index (κ2) is 8.65. The Morgan fingerprint density at radius 1 is 1.25 bits per heavy atom. The second-order valence-electron chi connectivity index (χ2n) is 5.16. The average molecular weight is 318 g/mol. The van der Waals surface area contributed by atoms with Crippen LogP contribution in [0.1, 0.15) is 25.3 Å². The molecule has 0 heterocycles. The third-order valence-electron chi connectivity index (χ3n) is 3.31. The number of hydrogen-bond acceptors (Lipinski definition) is 3. The first-order chi connectivity index (χ1) is 9.48. The van der Waals surface area contributed by atoms with Gasteiger partial charge in [0, 0.05) is 10.8 Å². The third kappa shape index (κ3) is 6.25. The van der Waals surface area contributed by atoms with Gasteiger partial charge in [-0.2, -0.15) is 0 Å². The summed E-state index contributed by atoms with van der Waals surface area (Å²) in [5, 5.41) is 3.89. The van der Waals surface area contributed by atoms with Crippen LogP contribution in [0.5, 0.6) is 0 Å². The second-order valence-corrected chi connectivity index (χ2v) is 7.87. The van der Waals surface area contributed by atoms with Crippen molar-refractivity contribution in [3.05, 3.63) is 34.9 Å². The van der Waals surface area contributed by atoms with E-state index in [1.54, 1.807) is 0 Å². The minimum Gasteiger partial charge on any atom is -0.319 e. The molecule has 1 rings (SSSR count). The van der Waals surface area contributed by atoms with Gasteiger partial charge in [-0.05, 0) is 50.4 Å². The molecule has 1 N–H and O–H groups in total. The van der Waals surface area contributed by atoms with Gasteiger partial charge in [-0.1, -0.05) is 36.7 Å². The summed E-state index contributed by atoms with van der Waals surface area (Å²) in [4.78, 5) is 0. The van der Waals surface area contributed by atoms with E-state index >= 15 is 0 Å². The van der Waals surface area contributed by atoms with Gasteiger partial charge in [0.05, 0.1) is 5.75 Å². The molecule has 0 bridgehead atoms. The van der Waals surface area contributed by atoms with Gasteiger partial charge in [-0.15, -0.1) is 0 Å². The van der Waals surface area contributed by atoms with Crippen LogP contribution in [0.3, 0.4) is 0 Å². The highest BCUT2D eigenvalue weighted by atomic mass is 35.5. The summed E-state index contributed by atoms with van der Waals surface area (Å²) in [5.74, 6) is 0.828. The monoisotopic (exact) mass is 317 g/mol. The first kappa shape index (κ1) is 17.5. The molecule has 3 nitrogen and oxygen atoms in total. The molecule has 0 radical (unpaired) electrons. The fourth-order valence-electron chi connectivity index (χ4n) is 2.30. The van der Waals surface area contributed by atoms with Gasteiger partial charge in [0.1, 0.15) is 9.84 Å². The lowest BCUT2D eigenvalue weighted by Gasteiger charge is -2.17. The summed E-state index contributed by atoms with van der Waals surface area (Å²) in [6, 6.07) is 7.75. The fraction of sp³-hybridized carbons (Fsp3) is 0.600. The van der Waals surface area contributed by atoms with Gasteiger partial charge in [0.15, 0.2) is 0 Å². The van der Waals surface area contributed by atoms with Crippen molar-refractivity contribution in [1.82, 2.24) is 5.32 Å². The molecule has 5 heteroatoms. The van der Waals surface area contributed by atoms with E-state index in [1.807, 2.05) is 38.2 Å². The Hall–Kier alpha value is -0.580. The lowest BCUT2D eigenvalue weighted by molar-refractivity contribution is 0.478. The van der Waals surface area contributed by atoms with E-state index in [-0.39, 0.29) is 17.4 Å². The van der Waals surface area contributed by atoms with Crippen molar-refractivity contribution in [1.29, 1.82) is 0 Å². The smallest absolute Gasteiger partial charge is 0.150 e. The van der Waals surface area contributed by atoms with Gasteiger partial charge in [-0.25, -0.2) is 8.42 Å². The first-order valence-electron chi connectivity index (χ1n) is 7.07. The zero-order valence-electron chi connectivity index (χ0n) is 12.2. The largest absolute Gasteiger partial charge is 0.319 e. The fourth-order valence-corrected chi connectivity index (χ4v) is 4.03. The van der Waals surface area contributed by atoms with E-state index in [0.717, 1.165) is 23.6 Å². The van der Waals surface area contributed by atoms with Gasteiger partial charge in [0.25, 0.3) is 0 Å². The van der Waals surface area contributed by atoms with E-state index in [2.05, 4.69) is 5.32 Å². The lowest BCUT2D eigenvalue weighted by atomic mass is 9.97. The number of rotatable bonds is 9. The van der Waals surface area contributed by atoms with Crippen LogP contribution in [0.25, 0.3) is 0 Å². The van der Waals surface area contributed by atoms with Crippen LogP contribution in [-0.4, -0.2) is 33.5 Å². The van der Waals surface area contributed by atoms with E-state index < -0.39 is 9.84 Å². The van der Waals surface area contributed by atoms with Crippen molar-refractivity contribution in [3.63, 3.8) is 0 Å². The molecule has 0 aliphatic rings. The van der Waals surface area contributed by atoms with Gasteiger partial charge < -0.3 is 5.32 Å². The standard InChI is InChI=1S/C15H24ClNO2S/c1-3-9-20(18,19)10-8-13(12-17-2)11-14-6-4-5-7-15(14)16/h4-7,13,17H,3,8-12H2,1-2H3. The van der Waals surface area contributed by atoms with E-state index in [4.69, 9.17) is 11.6 Å². The summed E-state index contributed by atoms with van der Waals surface area (Å²) in [5.41, 5.74) is 1.09. The molecule has 0 spiro atoms. The molecule has 0 saturated heterocycles. The van der Waals surface area contributed by atoms with Crippen LogP contribution in [-0.2, 0) is 16.3 Å². The number of benzene rings is 1. The van der Waals surface area contributed by atoms with Crippen LogP contribution in [0.4, 0.5) is 0 Å². The molecule has 0 saturated carbocycles. The van der Waals surface area contributed by atoms with Crippen molar-refractivity contribution < 1.29 is 8.42 Å². The molecular weight excluding hydrogens is 294 g/mol. The molecule has 1 atom stereocenters. The Morgan fingerprint density at radius 2 is 1.95 bits per heavy atom. The van der Waals surface area contributed by atoms with Crippen LogP contribution < -0.4 is 5.32 Å². The Bertz CT molecular complexity index is 502. The molecule has 0 fully saturated rings. The highest BCUT2D eigenvalue weighted by Gasteiger charge is 2.16. The summed E-state index contributed by atoms with van der Waals surface area (Å²) >= 11 is 6.17. The Kier molecular flexibility index (Phi) is 7.56. The maximum Gasteiger partial charge on any atom is 0.150 e. The van der Waals surface area contributed by atoms with Crippen molar-refractivity contribution in [2.45, 2.75) is 26.2 Å². The normalized spacial score (nSPS) is 13.3. The maximum atomic E-state index is 11.8. The van der Waals surface area contributed by atoms with Gasteiger partial charge in [-0.3, -0.25) is 0 Å². The summed E-state index contributed by atoms with van der Waals surface area (Å²) in [6.45, 7) is 2.69. The number of nitrogens with one attached hydrogen (secondary N) is 1. The zero-order chi connectivity index (χ0) is 15.0. The summed E-state index contributed by atoms with van der Waals surface area (Å²) in [7, 11) is -1.02. The number of halogens is 1. The molecule has 0 aromatic heterocycles. The van der Waals surface area contributed by atoms with Crippen LogP contribution >= 0.6 is 11.6 Å². The van der Waals surface area contributed by atoms with Crippen molar-refractivity contribution in [2.24, 2.45) is 5.92 Å². The van der Waals surface area contributed by atoms with Gasteiger partial charge in [0.2, 0.25) is 0 Å². The molecule has 1 aromatic rings. The Labute approximate surface area is 127 Å². The highest BCUT2D eigenvalue weighted by molar-refractivity contribution is 7.91. The van der Waals surface area contributed by atoms with Crippen LogP contribution in [0.15, 0.2) is 24.3 Å². The first-order valence-corrected chi connectivity index (χ1v) is 9.27. The Morgan fingerprint density at radius 3 is 2.55 bits per heavy atom. The van der Waals surface area contributed by atoms with Crippen molar-refractivity contribution in [3.8, 4) is 0 Å². The Balaban J connectivity index is 2.63. The minimum absolute atomic E-state index is 0.262. The predicted molar refractivity (Wildman–Crippen MR) is 86.1 cm³/mol. The molecule has 1 unspecified atom stereocenters. The van der Waals surface area contributed by atoms with Crippen LogP contribution in [0, 0.1) is 5.92 Å². The third-order valence-corrected chi connectivity index (χ3v) is 5.57. The zero-order valence-corrected chi connectivity index (χ0v) is 13.8. The maximum absolute atomic E-state index is 11.8. The molecular formula is C15H24ClNO2S. The van der Waals surface area contributed by atoms with Crippen molar-refractivity contribution in [2.75, 3.05) is 25.1 Å². The summed E-state index contributed by atoms with van der Waals surface area (Å²) in [6.07, 6.45) is 2.17. The number of sulfone groups is 1. The van der Waals surface area contributed by atoms with Crippen molar-refractivity contribution >= 4 is 21.4 Å². The van der Waals surface area contributed by atoms with Gasteiger partial charge >= 0.3 is 0 Å². The van der Waals surface area contributed by atoms with E-state index in [1.165, 1.54) is 0 Å². The molecule has 114 valence electrons. The molecule has 0 aliphatic carbocycles. The number of hydrogen-bond donors (Lipinski definition) is 1. The molecule has 0 aliphatic heterocycles. The average Bonchev–Trinajstić information content (AvgIpc) is 2.39. The predicted octanol–water partition coefficient (Wildman–Crippen LogP) is 2.93. The summed E-state index contributed by atoms with van der Waals surface area (Å²) < 4.78 is 23.6. The molecule has 1 aromatic carbocycles. The highest BCUT2D eigenvalue weighted by Crippen LogP contribution is 2.20.